The minimum absolute atomic E-state index is 0.122. The number of rotatable bonds is 4. The van der Waals surface area contributed by atoms with Crippen LogP contribution in [0.2, 0.25) is 0 Å². The summed E-state index contributed by atoms with van der Waals surface area (Å²) in [5, 5.41) is 9.54. The van der Waals surface area contributed by atoms with Gasteiger partial charge in [0.15, 0.2) is 17.5 Å². The topological polar surface area (TPSA) is 77.0 Å². The molecule has 8 heteroatoms. The largest absolute Gasteiger partial charge is 0.408 e. The Hall–Kier alpha value is -2.09. The average molecular weight is 258 g/mol. The molecule has 0 radical (unpaired) electrons. The van der Waals surface area contributed by atoms with Crippen LogP contribution in [0.3, 0.4) is 0 Å². The van der Waals surface area contributed by atoms with Crippen molar-refractivity contribution < 1.29 is 17.6 Å². The number of benzene rings is 1. The molecule has 3 N–H and O–H groups in total. The van der Waals surface area contributed by atoms with Gasteiger partial charge in [-0.3, -0.25) is 0 Å². The van der Waals surface area contributed by atoms with Gasteiger partial charge in [-0.25, -0.2) is 13.2 Å². The lowest BCUT2D eigenvalue weighted by atomic mass is 10.3. The first-order valence-electron chi connectivity index (χ1n) is 5.04. The second kappa shape index (κ2) is 5.05. The molecule has 0 aliphatic heterocycles. The van der Waals surface area contributed by atoms with Gasteiger partial charge in [-0.15, -0.1) is 5.10 Å². The van der Waals surface area contributed by atoms with Crippen molar-refractivity contribution in [3.05, 3.63) is 35.5 Å². The van der Waals surface area contributed by atoms with E-state index in [4.69, 9.17) is 10.2 Å². The standard InChI is InChI=1S/C10H9F3N4O/c11-5-1-2-6(9(13)8(5)12)15-10-17-16-7(18-10)3-4-14/h1-2H,3-4,14H2,(H,15,17). The minimum Gasteiger partial charge on any atom is -0.408 e. The molecule has 0 saturated carbocycles. The molecule has 2 rings (SSSR count). The van der Waals surface area contributed by atoms with Gasteiger partial charge in [0.05, 0.1) is 5.69 Å². The zero-order chi connectivity index (χ0) is 13.1. The highest BCUT2D eigenvalue weighted by Crippen LogP contribution is 2.22. The van der Waals surface area contributed by atoms with Gasteiger partial charge in [-0.05, 0) is 12.1 Å². The summed E-state index contributed by atoms with van der Waals surface area (Å²) in [7, 11) is 0. The lowest BCUT2D eigenvalue weighted by molar-refractivity contribution is 0.448. The van der Waals surface area contributed by atoms with Gasteiger partial charge in [0.2, 0.25) is 5.89 Å². The van der Waals surface area contributed by atoms with Crippen LogP contribution in [0, 0.1) is 17.5 Å². The molecule has 96 valence electrons. The highest BCUT2D eigenvalue weighted by molar-refractivity contribution is 5.52. The van der Waals surface area contributed by atoms with Gasteiger partial charge in [-0.1, -0.05) is 5.10 Å². The Labute approximate surface area is 99.8 Å². The van der Waals surface area contributed by atoms with Gasteiger partial charge in [0.1, 0.15) is 0 Å². The third-order valence-electron chi connectivity index (χ3n) is 2.10. The molecule has 18 heavy (non-hydrogen) atoms. The van der Waals surface area contributed by atoms with Gasteiger partial charge in [0.25, 0.3) is 0 Å². The summed E-state index contributed by atoms with van der Waals surface area (Å²) in [5.41, 5.74) is 4.99. The summed E-state index contributed by atoms with van der Waals surface area (Å²) in [6, 6.07) is 1.70. The number of anilines is 2. The molecule has 5 nitrogen and oxygen atoms in total. The number of nitrogens with one attached hydrogen (secondary N) is 1. The molecule has 2 aromatic rings. The van der Waals surface area contributed by atoms with Crippen LogP contribution in [0.5, 0.6) is 0 Å². The molecule has 1 aromatic heterocycles. The van der Waals surface area contributed by atoms with Crippen molar-refractivity contribution >= 4 is 11.7 Å². The van der Waals surface area contributed by atoms with Crippen LogP contribution in [0.25, 0.3) is 0 Å². The number of aromatic nitrogens is 2. The van der Waals surface area contributed by atoms with Crippen LogP contribution in [0.15, 0.2) is 16.5 Å². The van der Waals surface area contributed by atoms with E-state index in [1.54, 1.807) is 0 Å². The van der Waals surface area contributed by atoms with Gasteiger partial charge >= 0.3 is 6.01 Å². The van der Waals surface area contributed by atoms with E-state index >= 15 is 0 Å². The Bertz CT molecular complexity index is 558. The van der Waals surface area contributed by atoms with Crippen LogP contribution in [-0.2, 0) is 6.42 Å². The van der Waals surface area contributed by atoms with E-state index in [1.807, 2.05) is 0 Å². The highest BCUT2D eigenvalue weighted by atomic mass is 19.2. The Morgan fingerprint density at radius 1 is 1.17 bits per heavy atom. The normalized spacial score (nSPS) is 10.7. The van der Waals surface area contributed by atoms with Crippen molar-refractivity contribution in [3.63, 3.8) is 0 Å². The van der Waals surface area contributed by atoms with E-state index in [2.05, 4.69) is 15.5 Å². The number of hydrogen-bond donors (Lipinski definition) is 2. The molecule has 0 amide bonds. The van der Waals surface area contributed by atoms with E-state index < -0.39 is 17.5 Å². The third kappa shape index (κ3) is 2.43. The molecule has 1 aromatic carbocycles. The predicted octanol–water partition coefficient (Wildman–Crippen LogP) is 1.73. The van der Waals surface area contributed by atoms with Crippen molar-refractivity contribution in [2.24, 2.45) is 5.73 Å². The van der Waals surface area contributed by atoms with E-state index in [0.717, 1.165) is 12.1 Å². The van der Waals surface area contributed by atoms with Crippen LogP contribution in [0.1, 0.15) is 5.89 Å². The lowest BCUT2D eigenvalue weighted by Crippen LogP contribution is -2.02. The van der Waals surface area contributed by atoms with Gasteiger partial charge < -0.3 is 15.5 Å². The molecule has 0 fully saturated rings. The minimum atomic E-state index is -1.57. The number of hydrogen-bond acceptors (Lipinski definition) is 5. The summed E-state index contributed by atoms with van der Waals surface area (Å²) < 4.78 is 44.0. The first kappa shape index (κ1) is 12.4. The second-order valence-electron chi connectivity index (χ2n) is 3.39. The average Bonchev–Trinajstić information content (AvgIpc) is 2.78. The lowest BCUT2D eigenvalue weighted by Gasteiger charge is -2.03. The van der Waals surface area contributed by atoms with E-state index in [1.165, 1.54) is 0 Å². The fourth-order valence-corrected chi connectivity index (χ4v) is 1.27. The number of halogens is 3. The summed E-state index contributed by atoms with van der Waals surface area (Å²) in [5.74, 6) is -3.93. The quantitative estimate of drug-likeness (QED) is 0.817. The zero-order valence-electron chi connectivity index (χ0n) is 9.08. The summed E-state index contributed by atoms with van der Waals surface area (Å²) in [4.78, 5) is 0. The zero-order valence-corrected chi connectivity index (χ0v) is 9.08. The Morgan fingerprint density at radius 2 is 1.94 bits per heavy atom. The molecule has 1 heterocycles. The molecule has 0 unspecified atom stereocenters. The Morgan fingerprint density at radius 3 is 2.67 bits per heavy atom. The van der Waals surface area contributed by atoms with E-state index in [0.29, 0.717) is 13.0 Å². The van der Waals surface area contributed by atoms with Crippen LogP contribution < -0.4 is 11.1 Å². The van der Waals surface area contributed by atoms with Crippen molar-refractivity contribution in [3.8, 4) is 0 Å². The van der Waals surface area contributed by atoms with E-state index in [9.17, 15) is 13.2 Å². The molecule has 0 bridgehead atoms. The molecular formula is C10H9F3N4O. The monoisotopic (exact) mass is 258 g/mol. The second-order valence-corrected chi connectivity index (χ2v) is 3.39. The molecule has 0 aliphatic rings. The number of nitrogens with zero attached hydrogens (tertiary/aromatic N) is 2. The van der Waals surface area contributed by atoms with Crippen molar-refractivity contribution in [2.75, 3.05) is 11.9 Å². The van der Waals surface area contributed by atoms with Crippen LogP contribution in [-0.4, -0.2) is 16.7 Å². The maximum Gasteiger partial charge on any atom is 0.320 e. The fourth-order valence-electron chi connectivity index (χ4n) is 1.27. The summed E-state index contributed by atoms with van der Waals surface area (Å²) in [6.45, 7) is 0.321. The van der Waals surface area contributed by atoms with Crippen molar-refractivity contribution in [1.29, 1.82) is 0 Å². The maximum atomic E-state index is 13.3. The van der Waals surface area contributed by atoms with Crippen molar-refractivity contribution in [1.82, 2.24) is 10.2 Å². The predicted molar refractivity (Wildman–Crippen MR) is 56.7 cm³/mol. The first-order chi connectivity index (χ1) is 8.61. The molecular weight excluding hydrogens is 249 g/mol. The third-order valence-corrected chi connectivity index (χ3v) is 2.10. The Balaban J connectivity index is 2.20. The van der Waals surface area contributed by atoms with Gasteiger partial charge in [-0.2, -0.15) is 0 Å². The van der Waals surface area contributed by atoms with Gasteiger partial charge in [0, 0.05) is 13.0 Å². The summed E-state index contributed by atoms with van der Waals surface area (Å²) in [6.07, 6.45) is 0.370. The SMILES string of the molecule is NCCc1nnc(Nc2ccc(F)c(F)c2F)o1. The Kier molecular flexibility index (Phi) is 3.47. The molecule has 0 saturated heterocycles. The maximum absolute atomic E-state index is 13.3. The van der Waals surface area contributed by atoms with E-state index in [-0.39, 0.29) is 17.6 Å². The van der Waals surface area contributed by atoms with Crippen LogP contribution in [0.4, 0.5) is 24.9 Å². The van der Waals surface area contributed by atoms with Crippen LogP contribution >= 0.6 is 0 Å². The highest BCUT2D eigenvalue weighted by Gasteiger charge is 2.15. The smallest absolute Gasteiger partial charge is 0.320 e. The van der Waals surface area contributed by atoms with Crippen molar-refractivity contribution in [2.45, 2.75) is 6.42 Å². The molecule has 0 spiro atoms. The summed E-state index contributed by atoms with van der Waals surface area (Å²) >= 11 is 0. The number of nitrogens with two attached hydrogens (primary N) is 1. The first-order valence-corrected chi connectivity index (χ1v) is 5.04. The molecule has 0 atom stereocenters. The molecule has 0 aliphatic carbocycles. The fraction of sp³-hybridized carbons (Fsp3) is 0.200.